The molecule has 3 amide bonds. The van der Waals surface area contributed by atoms with Gasteiger partial charge < -0.3 is 32.5 Å². The fourth-order valence-corrected chi connectivity index (χ4v) is 5.21. The van der Waals surface area contributed by atoms with Crippen LogP contribution >= 0.6 is 0 Å². The molecule has 0 heterocycles. The van der Waals surface area contributed by atoms with Crippen molar-refractivity contribution in [2.75, 3.05) is 0 Å². The van der Waals surface area contributed by atoms with E-state index in [2.05, 4.69) is 41.5 Å². The lowest BCUT2D eigenvalue weighted by Crippen LogP contribution is -2.22. The maximum Gasteiger partial charge on any atom is 0.307 e. The molecular formula is C36H71N3O9. The highest BCUT2D eigenvalue weighted by Gasteiger charge is 2.23. The molecule has 0 rings (SSSR count). The molecule has 0 radical (unpaired) electrons. The molecule has 0 aromatic rings. The summed E-state index contributed by atoms with van der Waals surface area (Å²) in [5.74, 6) is -3.71. The van der Waals surface area contributed by atoms with Crippen molar-refractivity contribution in [1.82, 2.24) is 0 Å². The van der Waals surface area contributed by atoms with Crippen LogP contribution in [-0.2, 0) is 28.8 Å². The second kappa shape index (κ2) is 32.4. The second-order valence-corrected chi connectivity index (χ2v) is 13.0. The van der Waals surface area contributed by atoms with Crippen LogP contribution in [0.2, 0.25) is 0 Å². The first-order valence-corrected chi connectivity index (χ1v) is 17.8. The molecule has 48 heavy (non-hydrogen) atoms. The SMILES string of the molecule is CCCC(CC)CC(C)C(N)=O.CCCC(CC)CC(C)C(N)=O.CCCC(CC)CC(C)C(N)=O.O=C(O)CC(CC(=O)O)C(=O)O. The van der Waals surface area contributed by atoms with Crippen LogP contribution in [0.1, 0.15) is 152 Å². The van der Waals surface area contributed by atoms with E-state index < -0.39 is 36.7 Å². The van der Waals surface area contributed by atoms with Crippen LogP contribution in [0.15, 0.2) is 0 Å². The van der Waals surface area contributed by atoms with Crippen molar-refractivity contribution in [3.05, 3.63) is 0 Å². The standard InChI is InChI=1S/3C10H21NO.C6H8O6/c3*1-4-6-9(5-2)7-8(3)10(11)12;7-4(8)1-3(6(11)12)2-5(9)10/h3*8-9H,4-7H2,1-3H3,(H2,11,12);3H,1-2H2,(H,7,8)(H,9,10)(H,11,12). The van der Waals surface area contributed by atoms with Gasteiger partial charge in [-0.05, 0) is 37.0 Å². The van der Waals surface area contributed by atoms with Crippen LogP contribution < -0.4 is 17.2 Å². The Hall–Kier alpha value is -3.18. The number of hydrogen-bond donors (Lipinski definition) is 6. The Labute approximate surface area is 290 Å². The minimum Gasteiger partial charge on any atom is -0.481 e. The summed E-state index contributed by atoms with van der Waals surface area (Å²) >= 11 is 0. The van der Waals surface area contributed by atoms with Crippen molar-refractivity contribution >= 4 is 35.6 Å². The van der Waals surface area contributed by atoms with Gasteiger partial charge in [0.15, 0.2) is 0 Å². The zero-order valence-corrected chi connectivity index (χ0v) is 31.5. The molecule has 0 spiro atoms. The van der Waals surface area contributed by atoms with Crippen molar-refractivity contribution in [2.24, 2.45) is 58.6 Å². The first kappa shape index (κ1) is 51.7. The summed E-state index contributed by atoms with van der Waals surface area (Å²) in [5.41, 5.74) is 15.6. The van der Waals surface area contributed by atoms with Crippen molar-refractivity contribution < 1.29 is 44.1 Å². The van der Waals surface area contributed by atoms with Gasteiger partial charge in [-0.1, -0.05) is 120 Å². The van der Waals surface area contributed by atoms with Crippen LogP contribution in [0.4, 0.5) is 0 Å². The first-order chi connectivity index (χ1) is 22.3. The molecule has 6 atom stereocenters. The van der Waals surface area contributed by atoms with Gasteiger partial charge in [0.25, 0.3) is 0 Å². The molecular weight excluding hydrogens is 618 g/mol. The van der Waals surface area contributed by atoms with E-state index in [1.165, 1.54) is 38.5 Å². The van der Waals surface area contributed by atoms with Crippen molar-refractivity contribution in [3.63, 3.8) is 0 Å². The van der Waals surface area contributed by atoms with E-state index >= 15 is 0 Å². The molecule has 0 aromatic carbocycles. The summed E-state index contributed by atoms with van der Waals surface area (Å²) in [6.07, 6.45) is 12.3. The third-order valence-electron chi connectivity index (χ3n) is 8.53. The van der Waals surface area contributed by atoms with Crippen LogP contribution in [0.3, 0.4) is 0 Å². The van der Waals surface area contributed by atoms with E-state index in [0.29, 0.717) is 17.8 Å². The summed E-state index contributed by atoms with van der Waals surface area (Å²) in [7, 11) is 0. The first-order valence-electron chi connectivity index (χ1n) is 17.8. The average Bonchev–Trinajstić information content (AvgIpc) is 3.00. The van der Waals surface area contributed by atoms with E-state index in [1.54, 1.807) is 0 Å². The van der Waals surface area contributed by atoms with Crippen LogP contribution in [-0.4, -0.2) is 50.9 Å². The molecule has 0 aliphatic carbocycles. The van der Waals surface area contributed by atoms with Crippen molar-refractivity contribution in [3.8, 4) is 0 Å². The number of aliphatic carboxylic acids is 3. The number of amides is 3. The number of rotatable bonds is 23. The number of nitrogens with two attached hydrogens (primary N) is 3. The Morgan fingerprint density at radius 1 is 0.479 bits per heavy atom. The number of hydrogen-bond acceptors (Lipinski definition) is 6. The average molecular weight is 690 g/mol. The normalized spacial score (nSPS) is 14.1. The zero-order valence-electron chi connectivity index (χ0n) is 31.5. The topological polar surface area (TPSA) is 241 Å². The van der Waals surface area contributed by atoms with E-state index in [0.717, 1.165) is 38.5 Å². The van der Waals surface area contributed by atoms with Crippen LogP contribution in [0.25, 0.3) is 0 Å². The minimum atomic E-state index is -1.40. The van der Waals surface area contributed by atoms with Crippen molar-refractivity contribution in [1.29, 1.82) is 0 Å². The van der Waals surface area contributed by atoms with E-state index in [9.17, 15) is 28.8 Å². The third kappa shape index (κ3) is 32.7. The summed E-state index contributed by atoms with van der Waals surface area (Å²) in [6.45, 7) is 18.8. The quantitative estimate of drug-likeness (QED) is 0.0675. The monoisotopic (exact) mass is 690 g/mol. The maximum absolute atomic E-state index is 10.8. The number of carboxylic acid groups (broad SMARTS) is 3. The van der Waals surface area contributed by atoms with Gasteiger partial charge in [-0.2, -0.15) is 0 Å². The van der Waals surface area contributed by atoms with Gasteiger partial charge in [-0.15, -0.1) is 0 Å². The Kier molecular flexibility index (Phi) is 34.8. The van der Waals surface area contributed by atoms with Crippen LogP contribution in [0, 0.1) is 41.4 Å². The van der Waals surface area contributed by atoms with E-state index in [1.807, 2.05) is 20.8 Å². The van der Waals surface area contributed by atoms with Gasteiger partial charge in [0.1, 0.15) is 0 Å². The molecule has 12 heteroatoms. The van der Waals surface area contributed by atoms with Gasteiger partial charge in [0.05, 0.1) is 18.8 Å². The minimum absolute atomic E-state index is 0.0431. The molecule has 0 aliphatic rings. The summed E-state index contributed by atoms with van der Waals surface area (Å²) < 4.78 is 0. The molecule has 0 saturated carbocycles. The maximum atomic E-state index is 10.8. The fraction of sp³-hybridized carbons (Fsp3) is 0.833. The van der Waals surface area contributed by atoms with Gasteiger partial charge in [0, 0.05) is 17.8 Å². The number of carbonyl (C=O) groups excluding carboxylic acids is 3. The highest BCUT2D eigenvalue weighted by atomic mass is 16.4. The summed E-state index contributed by atoms with van der Waals surface area (Å²) in [6, 6.07) is 0. The lowest BCUT2D eigenvalue weighted by Gasteiger charge is -2.16. The predicted molar refractivity (Wildman–Crippen MR) is 191 cm³/mol. The third-order valence-corrected chi connectivity index (χ3v) is 8.53. The van der Waals surface area contributed by atoms with Gasteiger partial charge in [-0.3, -0.25) is 28.8 Å². The zero-order chi connectivity index (χ0) is 38.4. The molecule has 284 valence electrons. The molecule has 12 nitrogen and oxygen atoms in total. The van der Waals surface area contributed by atoms with Crippen molar-refractivity contribution in [2.45, 2.75) is 152 Å². The molecule has 0 aliphatic heterocycles. The van der Waals surface area contributed by atoms with Gasteiger partial charge >= 0.3 is 17.9 Å². The Morgan fingerprint density at radius 3 is 0.833 bits per heavy atom. The Morgan fingerprint density at radius 2 is 0.708 bits per heavy atom. The second-order valence-electron chi connectivity index (χ2n) is 13.0. The fourth-order valence-electron chi connectivity index (χ4n) is 5.21. The lowest BCUT2D eigenvalue weighted by atomic mass is 9.90. The van der Waals surface area contributed by atoms with E-state index in [4.69, 9.17) is 32.5 Å². The number of primary amides is 3. The summed E-state index contributed by atoms with van der Waals surface area (Å²) in [4.78, 5) is 62.7. The van der Waals surface area contributed by atoms with Crippen LogP contribution in [0.5, 0.6) is 0 Å². The number of carboxylic acids is 3. The Balaban J connectivity index is -0.000000269. The Bertz CT molecular complexity index is 806. The molecule has 0 fully saturated rings. The smallest absolute Gasteiger partial charge is 0.307 e. The lowest BCUT2D eigenvalue weighted by molar-refractivity contribution is -0.152. The van der Waals surface area contributed by atoms with Gasteiger partial charge in [-0.25, -0.2) is 0 Å². The molecule has 0 bridgehead atoms. The molecule has 0 aromatic heterocycles. The number of carbonyl (C=O) groups is 6. The highest BCUT2D eigenvalue weighted by Crippen LogP contribution is 2.21. The largest absolute Gasteiger partial charge is 0.481 e. The molecule has 9 N–H and O–H groups in total. The molecule has 6 unspecified atom stereocenters. The van der Waals surface area contributed by atoms with E-state index in [-0.39, 0.29) is 35.5 Å². The van der Waals surface area contributed by atoms with Gasteiger partial charge in [0.2, 0.25) is 17.7 Å². The highest BCUT2D eigenvalue weighted by molar-refractivity contribution is 5.82. The molecule has 0 saturated heterocycles. The predicted octanol–water partition coefficient (Wildman–Crippen LogP) is 6.61. The summed E-state index contributed by atoms with van der Waals surface area (Å²) in [5, 5.41) is 24.7.